The third-order valence-electron chi connectivity index (χ3n) is 3.23. The van der Waals surface area contributed by atoms with Crippen molar-refractivity contribution >= 4 is 17.7 Å². The molecule has 0 aromatic heterocycles. The van der Waals surface area contributed by atoms with Gasteiger partial charge in [0.15, 0.2) is 23.0 Å². The maximum atomic E-state index is 5.85. The van der Waals surface area contributed by atoms with E-state index in [4.69, 9.17) is 14.2 Å². The monoisotopic (exact) mass is 265 g/mol. The van der Waals surface area contributed by atoms with Gasteiger partial charge in [0.05, 0.1) is 7.11 Å². The van der Waals surface area contributed by atoms with Gasteiger partial charge in [0.25, 0.3) is 5.90 Å². The average molecular weight is 265 g/mol. The van der Waals surface area contributed by atoms with Crippen LogP contribution in [0.1, 0.15) is 5.56 Å². The Morgan fingerprint density at radius 2 is 1.90 bits per heavy atom. The lowest BCUT2D eigenvalue weighted by Gasteiger charge is -2.24. The summed E-state index contributed by atoms with van der Waals surface area (Å²) in [4.78, 5) is 4.49. The number of para-hydroxylation sites is 3. The fourth-order valence-electron chi connectivity index (χ4n) is 2.28. The first-order valence-electron chi connectivity index (χ1n) is 6.27. The van der Waals surface area contributed by atoms with Crippen LogP contribution in [0.5, 0.6) is 17.2 Å². The van der Waals surface area contributed by atoms with E-state index in [1.807, 2.05) is 48.5 Å². The summed E-state index contributed by atoms with van der Waals surface area (Å²) in [5.41, 5.74) is 1.68. The second kappa shape index (κ2) is 4.13. The SMILES string of the molecule is COc1cccc2c1OC1=Nc3ccccc3OC1=C2. The molecule has 0 saturated carbocycles. The van der Waals surface area contributed by atoms with Crippen molar-refractivity contribution < 1.29 is 14.2 Å². The van der Waals surface area contributed by atoms with Crippen molar-refractivity contribution in [1.29, 1.82) is 0 Å². The van der Waals surface area contributed by atoms with Crippen molar-refractivity contribution in [2.45, 2.75) is 0 Å². The minimum Gasteiger partial charge on any atom is -0.493 e. The van der Waals surface area contributed by atoms with Gasteiger partial charge in [0.2, 0.25) is 0 Å². The molecule has 2 heterocycles. The maximum Gasteiger partial charge on any atom is 0.264 e. The second-order valence-electron chi connectivity index (χ2n) is 4.48. The molecule has 0 unspecified atom stereocenters. The van der Waals surface area contributed by atoms with Crippen LogP contribution in [0.3, 0.4) is 0 Å². The zero-order valence-electron chi connectivity index (χ0n) is 10.8. The number of hydrogen-bond donors (Lipinski definition) is 0. The van der Waals surface area contributed by atoms with E-state index in [1.54, 1.807) is 7.11 Å². The molecular weight excluding hydrogens is 254 g/mol. The third-order valence-corrected chi connectivity index (χ3v) is 3.23. The van der Waals surface area contributed by atoms with E-state index in [9.17, 15) is 0 Å². The Morgan fingerprint density at radius 3 is 2.80 bits per heavy atom. The van der Waals surface area contributed by atoms with Crippen LogP contribution in [0.4, 0.5) is 5.69 Å². The van der Waals surface area contributed by atoms with Crippen LogP contribution in [-0.4, -0.2) is 13.0 Å². The highest BCUT2D eigenvalue weighted by Gasteiger charge is 2.27. The highest BCUT2D eigenvalue weighted by atomic mass is 16.6. The molecule has 0 saturated heterocycles. The maximum absolute atomic E-state index is 5.85. The summed E-state index contributed by atoms with van der Waals surface area (Å²) in [5.74, 6) is 3.16. The number of aliphatic imine (C=N–C) groups is 1. The molecule has 20 heavy (non-hydrogen) atoms. The summed E-state index contributed by atoms with van der Waals surface area (Å²) in [6.07, 6.45) is 1.91. The number of nitrogens with zero attached hydrogens (tertiary/aromatic N) is 1. The molecule has 2 aromatic rings. The Labute approximate surface area is 115 Å². The van der Waals surface area contributed by atoms with Crippen molar-refractivity contribution in [3.63, 3.8) is 0 Å². The summed E-state index contributed by atoms with van der Waals surface area (Å²) in [6.45, 7) is 0. The Balaban J connectivity index is 1.86. The second-order valence-corrected chi connectivity index (χ2v) is 4.48. The molecule has 2 aromatic carbocycles. The zero-order chi connectivity index (χ0) is 13.5. The normalized spacial score (nSPS) is 14.7. The molecule has 0 N–H and O–H groups in total. The van der Waals surface area contributed by atoms with Crippen LogP contribution < -0.4 is 14.2 Å². The molecule has 4 nitrogen and oxygen atoms in total. The number of hydrogen-bond acceptors (Lipinski definition) is 4. The molecule has 2 aliphatic heterocycles. The van der Waals surface area contributed by atoms with Crippen LogP contribution in [0.25, 0.3) is 6.08 Å². The molecule has 0 bridgehead atoms. The van der Waals surface area contributed by atoms with Crippen LogP contribution in [0, 0.1) is 0 Å². The number of benzene rings is 2. The predicted octanol–water partition coefficient (Wildman–Crippen LogP) is 3.55. The first-order chi connectivity index (χ1) is 9.85. The van der Waals surface area contributed by atoms with Gasteiger partial charge in [-0.1, -0.05) is 24.3 Å². The van der Waals surface area contributed by atoms with Crippen molar-refractivity contribution in [1.82, 2.24) is 0 Å². The molecule has 0 radical (unpaired) electrons. The molecule has 0 fully saturated rings. The van der Waals surface area contributed by atoms with Gasteiger partial charge in [-0.05, 0) is 24.3 Å². The summed E-state index contributed by atoms with van der Waals surface area (Å²) in [7, 11) is 1.62. The van der Waals surface area contributed by atoms with E-state index in [0.29, 0.717) is 23.2 Å². The van der Waals surface area contributed by atoms with Crippen LogP contribution in [0.2, 0.25) is 0 Å². The van der Waals surface area contributed by atoms with Crippen molar-refractivity contribution in [2.24, 2.45) is 4.99 Å². The summed E-state index contributed by atoms with van der Waals surface area (Å²) in [6, 6.07) is 13.3. The molecule has 4 rings (SSSR count). The third kappa shape index (κ3) is 1.58. The fraction of sp³-hybridized carbons (Fsp3) is 0.0625. The summed E-state index contributed by atoms with van der Waals surface area (Å²) < 4.78 is 17.0. The van der Waals surface area contributed by atoms with Gasteiger partial charge in [0.1, 0.15) is 5.69 Å². The molecule has 0 amide bonds. The smallest absolute Gasteiger partial charge is 0.264 e. The van der Waals surface area contributed by atoms with Gasteiger partial charge in [0, 0.05) is 5.56 Å². The van der Waals surface area contributed by atoms with Gasteiger partial charge in [-0.15, -0.1) is 0 Å². The lowest BCUT2D eigenvalue weighted by Crippen LogP contribution is -2.22. The highest BCUT2D eigenvalue weighted by molar-refractivity contribution is 6.04. The topological polar surface area (TPSA) is 40.0 Å². The van der Waals surface area contributed by atoms with E-state index in [1.165, 1.54) is 0 Å². The Kier molecular flexibility index (Phi) is 2.29. The van der Waals surface area contributed by atoms with Crippen LogP contribution in [0.15, 0.2) is 53.2 Å². The highest BCUT2D eigenvalue weighted by Crippen LogP contribution is 2.40. The number of ether oxygens (including phenoxy) is 3. The minimum atomic E-state index is 0.459. The largest absolute Gasteiger partial charge is 0.493 e. The quantitative estimate of drug-likeness (QED) is 0.791. The molecule has 98 valence electrons. The predicted molar refractivity (Wildman–Crippen MR) is 75.8 cm³/mol. The standard InChI is InChI=1S/C16H11NO3/c1-18-13-8-4-5-10-9-14-16(20-15(10)13)17-11-6-2-3-7-12(11)19-14/h2-9H,1H3. The van der Waals surface area contributed by atoms with E-state index < -0.39 is 0 Å². The molecule has 0 atom stereocenters. The lowest BCUT2D eigenvalue weighted by atomic mass is 10.1. The molecule has 2 aliphatic rings. The van der Waals surface area contributed by atoms with E-state index >= 15 is 0 Å². The number of rotatable bonds is 1. The van der Waals surface area contributed by atoms with Crippen LogP contribution in [-0.2, 0) is 0 Å². The first-order valence-corrected chi connectivity index (χ1v) is 6.27. The summed E-state index contributed by atoms with van der Waals surface area (Å²) in [5, 5.41) is 0. The lowest BCUT2D eigenvalue weighted by molar-refractivity contribution is 0.375. The van der Waals surface area contributed by atoms with Crippen molar-refractivity contribution in [3.05, 3.63) is 53.8 Å². The van der Waals surface area contributed by atoms with Gasteiger partial charge >= 0.3 is 0 Å². The Bertz CT molecular complexity index is 762. The minimum absolute atomic E-state index is 0.459. The number of methoxy groups -OCH3 is 1. The van der Waals surface area contributed by atoms with Crippen molar-refractivity contribution in [3.8, 4) is 17.2 Å². The molecular formula is C16H11NO3. The average Bonchev–Trinajstić information content (AvgIpc) is 2.50. The fourth-order valence-corrected chi connectivity index (χ4v) is 2.28. The molecule has 4 heteroatoms. The Morgan fingerprint density at radius 1 is 1.00 bits per heavy atom. The van der Waals surface area contributed by atoms with Gasteiger partial charge in [-0.3, -0.25) is 0 Å². The first kappa shape index (κ1) is 11.1. The van der Waals surface area contributed by atoms with Crippen LogP contribution >= 0.6 is 0 Å². The van der Waals surface area contributed by atoms with E-state index in [-0.39, 0.29) is 0 Å². The van der Waals surface area contributed by atoms with Gasteiger partial charge < -0.3 is 14.2 Å². The molecule has 0 spiro atoms. The van der Waals surface area contributed by atoms with Gasteiger partial charge in [-0.2, -0.15) is 0 Å². The zero-order valence-corrected chi connectivity index (χ0v) is 10.8. The molecule has 0 aliphatic carbocycles. The Hall–Kier alpha value is -2.75. The summed E-state index contributed by atoms with van der Waals surface area (Å²) >= 11 is 0. The number of fused-ring (bicyclic) bond motifs is 3. The van der Waals surface area contributed by atoms with E-state index in [2.05, 4.69) is 4.99 Å². The van der Waals surface area contributed by atoms with Gasteiger partial charge in [-0.25, -0.2) is 4.99 Å². The van der Waals surface area contributed by atoms with Crippen molar-refractivity contribution in [2.75, 3.05) is 7.11 Å². The van der Waals surface area contributed by atoms with E-state index in [0.717, 1.165) is 17.0 Å².